The van der Waals surface area contributed by atoms with Crippen molar-refractivity contribution in [1.29, 1.82) is 0 Å². The lowest BCUT2D eigenvalue weighted by atomic mass is 10.3. The summed E-state index contributed by atoms with van der Waals surface area (Å²) in [6, 6.07) is 3.22. The van der Waals surface area contributed by atoms with E-state index in [2.05, 4.69) is 25.8 Å². The molecule has 0 saturated heterocycles. The molecule has 0 fully saturated rings. The first-order valence-corrected chi connectivity index (χ1v) is 7.84. The molecule has 0 aliphatic carbocycles. The Hall–Kier alpha value is -1.94. The highest BCUT2D eigenvalue weighted by molar-refractivity contribution is 9.10. The molecule has 3 N–H and O–H groups in total. The first-order chi connectivity index (χ1) is 9.78. The SMILES string of the molecule is NC(=O)Cn1cc(NS(=O)(=O)c2ccc(F)cc2Br)cn1. The van der Waals surface area contributed by atoms with Gasteiger partial charge in [0.05, 0.1) is 11.9 Å². The Labute approximate surface area is 128 Å². The Bertz CT molecular complexity index is 791. The number of benzene rings is 1. The van der Waals surface area contributed by atoms with Gasteiger partial charge < -0.3 is 5.73 Å². The van der Waals surface area contributed by atoms with Crippen LogP contribution in [-0.4, -0.2) is 24.1 Å². The van der Waals surface area contributed by atoms with E-state index in [1.165, 1.54) is 17.1 Å². The summed E-state index contributed by atoms with van der Waals surface area (Å²) in [5.41, 5.74) is 5.17. The minimum absolute atomic E-state index is 0.0968. The fourth-order valence-electron chi connectivity index (χ4n) is 1.57. The molecule has 0 aliphatic heterocycles. The van der Waals surface area contributed by atoms with Gasteiger partial charge in [-0.1, -0.05) is 0 Å². The van der Waals surface area contributed by atoms with Gasteiger partial charge in [0.1, 0.15) is 17.3 Å². The van der Waals surface area contributed by atoms with Crippen LogP contribution in [-0.2, 0) is 21.4 Å². The summed E-state index contributed by atoms with van der Waals surface area (Å²) in [7, 11) is -3.91. The second-order valence-electron chi connectivity index (χ2n) is 4.07. The lowest BCUT2D eigenvalue weighted by molar-refractivity contribution is -0.118. The topological polar surface area (TPSA) is 107 Å². The lowest BCUT2D eigenvalue weighted by Gasteiger charge is -2.07. The van der Waals surface area contributed by atoms with E-state index in [1.54, 1.807) is 0 Å². The summed E-state index contributed by atoms with van der Waals surface area (Å²) >= 11 is 2.99. The van der Waals surface area contributed by atoms with E-state index in [-0.39, 0.29) is 21.6 Å². The molecular weight excluding hydrogens is 367 g/mol. The quantitative estimate of drug-likeness (QED) is 0.813. The molecule has 10 heteroatoms. The number of hydrogen-bond acceptors (Lipinski definition) is 4. The van der Waals surface area contributed by atoms with Gasteiger partial charge in [-0.2, -0.15) is 5.10 Å². The monoisotopic (exact) mass is 376 g/mol. The Morgan fingerprint density at radius 2 is 2.19 bits per heavy atom. The molecule has 21 heavy (non-hydrogen) atoms. The highest BCUT2D eigenvalue weighted by Crippen LogP contribution is 2.24. The van der Waals surface area contributed by atoms with Crippen LogP contribution in [0.25, 0.3) is 0 Å². The van der Waals surface area contributed by atoms with Crippen LogP contribution in [0.5, 0.6) is 0 Å². The number of nitrogens with two attached hydrogens (primary N) is 1. The number of primary amides is 1. The highest BCUT2D eigenvalue weighted by atomic mass is 79.9. The molecule has 1 amide bonds. The van der Waals surface area contributed by atoms with Gasteiger partial charge >= 0.3 is 0 Å². The summed E-state index contributed by atoms with van der Waals surface area (Å²) in [6.07, 6.45) is 2.55. The van der Waals surface area contributed by atoms with Crippen LogP contribution >= 0.6 is 15.9 Å². The number of nitrogens with one attached hydrogen (secondary N) is 1. The van der Waals surface area contributed by atoms with Crippen molar-refractivity contribution in [2.45, 2.75) is 11.4 Å². The third kappa shape index (κ3) is 3.79. The van der Waals surface area contributed by atoms with Crippen molar-refractivity contribution >= 4 is 37.5 Å². The number of hydrogen-bond donors (Lipinski definition) is 2. The zero-order valence-corrected chi connectivity index (χ0v) is 12.9. The zero-order valence-electron chi connectivity index (χ0n) is 10.5. The van der Waals surface area contributed by atoms with Crippen LogP contribution < -0.4 is 10.5 Å². The van der Waals surface area contributed by atoms with Crippen molar-refractivity contribution in [3.63, 3.8) is 0 Å². The summed E-state index contributed by atoms with van der Waals surface area (Å²) < 4.78 is 40.9. The second-order valence-corrected chi connectivity index (χ2v) is 6.58. The van der Waals surface area contributed by atoms with E-state index in [0.29, 0.717) is 0 Å². The molecule has 0 spiro atoms. The predicted molar refractivity (Wildman–Crippen MR) is 76.3 cm³/mol. The van der Waals surface area contributed by atoms with Gasteiger partial charge in [0.25, 0.3) is 10.0 Å². The van der Waals surface area contributed by atoms with E-state index < -0.39 is 21.7 Å². The van der Waals surface area contributed by atoms with Crippen LogP contribution in [0.2, 0.25) is 0 Å². The minimum atomic E-state index is -3.91. The van der Waals surface area contributed by atoms with E-state index in [0.717, 1.165) is 18.2 Å². The molecule has 0 unspecified atom stereocenters. The average molecular weight is 377 g/mol. The van der Waals surface area contributed by atoms with Crippen molar-refractivity contribution < 1.29 is 17.6 Å². The normalized spacial score (nSPS) is 11.3. The molecule has 2 aromatic rings. The number of rotatable bonds is 5. The molecule has 0 bridgehead atoms. The van der Waals surface area contributed by atoms with E-state index in [4.69, 9.17) is 5.73 Å². The number of carbonyl (C=O) groups excluding carboxylic acids is 1. The number of carbonyl (C=O) groups is 1. The summed E-state index contributed by atoms with van der Waals surface area (Å²) in [5.74, 6) is -1.16. The van der Waals surface area contributed by atoms with Crippen molar-refractivity contribution in [1.82, 2.24) is 9.78 Å². The Balaban J connectivity index is 2.25. The van der Waals surface area contributed by atoms with Crippen LogP contribution in [0.3, 0.4) is 0 Å². The maximum Gasteiger partial charge on any atom is 0.263 e. The molecule has 0 aliphatic rings. The largest absolute Gasteiger partial charge is 0.368 e. The number of nitrogens with zero attached hydrogens (tertiary/aromatic N) is 2. The number of halogens is 2. The smallest absolute Gasteiger partial charge is 0.263 e. The minimum Gasteiger partial charge on any atom is -0.368 e. The van der Waals surface area contributed by atoms with Gasteiger partial charge in [-0.15, -0.1) is 0 Å². The zero-order chi connectivity index (χ0) is 15.6. The van der Waals surface area contributed by atoms with Crippen molar-refractivity contribution in [3.05, 3.63) is 40.9 Å². The van der Waals surface area contributed by atoms with Crippen molar-refractivity contribution in [2.75, 3.05) is 4.72 Å². The second kappa shape index (κ2) is 5.82. The van der Waals surface area contributed by atoms with Crippen molar-refractivity contribution in [2.24, 2.45) is 5.73 Å². The highest BCUT2D eigenvalue weighted by Gasteiger charge is 2.19. The fourth-order valence-corrected chi connectivity index (χ4v) is 3.64. The maximum atomic E-state index is 13.0. The Morgan fingerprint density at radius 1 is 1.48 bits per heavy atom. The summed E-state index contributed by atoms with van der Waals surface area (Å²) in [5, 5.41) is 3.79. The molecule has 7 nitrogen and oxygen atoms in total. The van der Waals surface area contributed by atoms with Gasteiger partial charge in [-0.05, 0) is 34.1 Å². The summed E-state index contributed by atoms with van der Waals surface area (Å²) in [4.78, 5) is 10.6. The van der Waals surface area contributed by atoms with Gasteiger partial charge in [0.15, 0.2) is 0 Å². The summed E-state index contributed by atoms with van der Waals surface area (Å²) in [6.45, 7) is -0.165. The number of amides is 1. The van der Waals surface area contributed by atoms with Crippen LogP contribution in [0.4, 0.5) is 10.1 Å². The van der Waals surface area contributed by atoms with Gasteiger partial charge in [0, 0.05) is 10.7 Å². The van der Waals surface area contributed by atoms with E-state index >= 15 is 0 Å². The maximum absolute atomic E-state index is 13.0. The van der Waals surface area contributed by atoms with Gasteiger partial charge in [-0.3, -0.25) is 14.2 Å². The first kappa shape index (κ1) is 15.4. The van der Waals surface area contributed by atoms with E-state index in [9.17, 15) is 17.6 Å². The molecule has 0 saturated carbocycles. The molecule has 0 radical (unpaired) electrons. The molecular formula is C11H10BrFN4O3S. The Morgan fingerprint density at radius 3 is 2.81 bits per heavy atom. The molecule has 112 valence electrons. The lowest BCUT2D eigenvalue weighted by Crippen LogP contribution is -2.18. The molecule has 1 heterocycles. The molecule has 1 aromatic heterocycles. The van der Waals surface area contributed by atoms with Crippen LogP contribution in [0.15, 0.2) is 40.0 Å². The molecule has 2 rings (SSSR count). The first-order valence-electron chi connectivity index (χ1n) is 5.56. The van der Waals surface area contributed by atoms with Crippen molar-refractivity contribution in [3.8, 4) is 0 Å². The number of aromatic nitrogens is 2. The van der Waals surface area contributed by atoms with Gasteiger partial charge in [-0.25, -0.2) is 12.8 Å². The standard InChI is InChI=1S/C11H10BrFN4O3S/c12-9-3-7(13)1-2-10(9)21(19,20)16-8-4-15-17(5-8)6-11(14)18/h1-5,16H,6H2,(H2,14,18). The molecule has 1 aromatic carbocycles. The number of sulfonamides is 1. The molecule has 0 atom stereocenters. The predicted octanol–water partition coefficient (Wildman–Crippen LogP) is 1.07. The number of anilines is 1. The van der Waals surface area contributed by atoms with Gasteiger partial charge in [0.2, 0.25) is 5.91 Å². The fraction of sp³-hybridized carbons (Fsp3) is 0.0909. The van der Waals surface area contributed by atoms with Crippen LogP contribution in [0, 0.1) is 5.82 Å². The Kier molecular flexibility index (Phi) is 4.28. The van der Waals surface area contributed by atoms with Crippen LogP contribution in [0.1, 0.15) is 0 Å². The average Bonchev–Trinajstić information content (AvgIpc) is 2.73. The third-order valence-electron chi connectivity index (χ3n) is 2.39. The third-order valence-corrected chi connectivity index (χ3v) is 4.74. The van der Waals surface area contributed by atoms with E-state index in [1.807, 2.05) is 0 Å².